The van der Waals surface area contributed by atoms with Crippen molar-refractivity contribution in [1.29, 1.82) is 0 Å². The van der Waals surface area contributed by atoms with Gasteiger partial charge in [0.2, 0.25) is 5.91 Å². The van der Waals surface area contributed by atoms with Crippen LogP contribution in [-0.2, 0) is 26.8 Å². The summed E-state index contributed by atoms with van der Waals surface area (Å²) < 4.78 is 31.7. The Kier molecular flexibility index (Phi) is 7.18. The Morgan fingerprint density at radius 3 is 2.36 bits per heavy atom. The van der Waals surface area contributed by atoms with E-state index >= 15 is 0 Å². The van der Waals surface area contributed by atoms with Gasteiger partial charge in [0.05, 0.1) is 4.90 Å². The third-order valence-corrected chi connectivity index (χ3v) is 7.99. The first kappa shape index (κ1) is 26.1. The molecule has 1 aromatic heterocycles. The second-order valence-electron chi connectivity index (χ2n) is 8.92. The fourth-order valence-electron chi connectivity index (χ4n) is 4.38. The molecule has 39 heavy (non-hydrogen) atoms. The molecule has 1 aliphatic rings. The molecule has 2 heterocycles. The zero-order valence-electron chi connectivity index (χ0n) is 20.7. The molecule has 4 aromatic rings. The van der Waals surface area contributed by atoms with Gasteiger partial charge in [0.25, 0.3) is 15.9 Å². The molecule has 1 aliphatic heterocycles. The summed E-state index contributed by atoms with van der Waals surface area (Å²) in [5.41, 5.74) is 2.43. The number of hydrogen-bond donors (Lipinski definition) is 2. The predicted molar refractivity (Wildman–Crippen MR) is 150 cm³/mol. The van der Waals surface area contributed by atoms with Crippen LogP contribution in [0.3, 0.4) is 0 Å². The van der Waals surface area contributed by atoms with Crippen molar-refractivity contribution in [1.82, 2.24) is 14.3 Å². The molecular formula is C28H23N5O4S2. The first-order chi connectivity index (χ1) is 18.8. The minimum atomic E-state index is -4.10. The van der Waals surface area contributed by atoms with Crippen LogP contribution in [0.15, 0.2) is 100 Å². The van der Waals surface area contributed by atoms with Crippen molar-refractivity contribution < 1.29 is 18.0 Å². The lowest BCUT2D eigenvalue weighted by Crippen LogP contribution is -2.31. The average molecular weight is 558 g/mol. The van der Waals surface area contributed by atoms with Gasteiger partial charge >= 0.3 is 0 Å². The zero-order valence-corrected chi connectivity index (χ0v) is 22.4. The molecule has 11 heteroatoms. The summed E-state index contributed by atoms with van der Waals surface area (Å²) in [5.74, 6) is -1.11. The number of aliphatic imine (C=N–C) groups is 1. The van der Waals surface area contributed by atoms with Crippen molar-refractivity contribution in [2.75, 3.05) is 5.32 Å². The molecule has 2 amide bonds. The van der Waals surface area contributed by atoms with E-state index in [1.807, 2.05) is 41.8 Å². The molecule has 0 aliphatic carbocycles. The summed E-state index contributed by atoms with van der Waals surface area (Å²) in [4.78, 5) is 30.2. The van der Waals surface area contributed by atoms with Crippen molar-refractivity contribution in [3.05, 3.63) is 113 Å². The normalized spacial score (nSPS) is 16.5. The van der Waals surface area contributed by atoms with Crippen LogP contribution in [-0.4, -0.2) is 36.0 Å². The number of nitrogens with zero attached hydrogens (tertiary/aromatic N) is 3. The van der Waals surface area contributed by atoms with Crippen LogP contribution in [0.5, 0.6) is 0 Å². The fraction of sp³-hybridized carbons (Fsp3) is 0.107. The van der Waals surface area contributed by atoms with Crippen molar-refractivity contribution in [3.8, 4) is 0 Å². The molecular weight excluding hydrogens is 534 g/mol. The van der Waals surface area contributed by atoms with E-state index in [0.29, 0.717) is 23.4 Å². The van der Waals surface area contributed by atoms with E-state index in [0.717, 1.165) is 11.1 Å². The highest BCUT2D eigenvalue weighted by Crippen LogP contribution is 2.42. The first-order valence-electron chi connectivity index (χ1n) is 11.9. The highest BCUT2D eigenvalue weighted by molar-refractivity contribution is 7.90. The maximum absolute atomic E-state index is 13.2. The van der Waals surface area contributed by atoms with Gasteiger partial charge in [-0.25, -0.2) is 13.1 Å². The number of anilines is 1. The Bertz CT molecular complexity index is 1690. The van der Waals surface area contributed by atoms with E-state index in [1.165, 1.54) is 36.7 Å². The molecule has 9 nitrogen and oxygen atoms in total. The van der Waals surface area contributed by atoms with Gasteiger partial charge in [-0.2, -0.15) is 0 Å². The highest BCUT2D eigenvalue weighted by Gasteiger charge is 2.37. The van der Waals surface area contributed by atoms with Crippen LogP contribution in [0.2, 0.25) is 0 Å². The summed E-state index contributed by atoms with van der Waals surface area (Å²) in [5, 5.41) is 8.80. The molecule has 1 unspecified atom stereocenters. The summed E-state index contributed by atoms with van der Waals surface area (Å²) in [6.45, 7) is 1.39. The molecule has 3 aromatic carbocycles. The molecule has 5 rings (SSSR count). The third-order valence-electron chi connectivity index (χ3n) is 6.14. The van der Waals surface area contributed by atoms with Gasteiger partial charge in [0.1, 0.15) is 11.2 Å². The number of nitrogens with one attached hydrogen (secondary N) is 2. The Morgan fingerprint density at radius 2 is 1.69 bits per heavy atom. The number of aromatic nitrogens is 2. The molecule has 0 radical (unpaired) electrons. The standard InChI is InChI=1S/C28H23N5O4S2/c1-19(34)30-25-13-12-21(27(35)32-39(36,37)23-10-6-3-7-11-23)14-24(25)28(15-20-8-4-2-5-9-20)16-22(17-29-28)26-18-38-33-31-26/h2-14,16-18H,15H2,1H3,(H,30,34)(H,32,35). The number of rotatable bonds is 8. The number of hydrogen-bond acceptors (Lipinski definition) is 8. The second-order valence-corrected chi connectivity index (χ2v) is 11.2. The minimum Gasteiger partial charge on any atom is -0.326 e. The summed E-state index contributed by atoms with van der Waals surface area (Å²) in [6.07, 6.45) is 4.04. The maximum atomic E-state index is 13.2. The van der Waals surface area contributed by atoms with E-state index in [-0.39, 0.29) is 16.4 Å². The maximum Gasteiger partial charge on any atom is 0.265 e. The predicted octanol–water partition coefficient (Wildman–Crippen LogP) is 4.22. The Morgan fingerprint density at radius 1 is 0.974 bits per heavy atom. The largest absolute Gasteiger partial charge is 0.326 e. The summed E-state index contributed by atoms with van der Waals surface area (Å²) in [7, 11) is -4.10. The Hall–Kier alpha value is -4.48. The number of amides is 2. The van der Waals surface area contributed by atoms with Crippen molar-refractivity contribution in [3.63, 3.8) is 0 Å². The average Bonchev–Trinajstić information content (AvgIpc) is 3.61. The quantitative estimate of drug-likeness (QED) is 0.334. The number of benzene rings is 3. The van der Waals surface area contributed by atoms with E-state index in [9.17, 15) is 18.0 Å². The van der Waals surface area contributed by atoms with Crippen LogP contribution >= 0.6 is 11.5 Å². The third kappa shape index (κ3) is 5.69. The number of allylic oxidation sites excluding steroid dienone is 1. The monoisotopic (exact) mass is 557 g/mol. The number of sulfonamides is 1. The highest BCUT2D eigenvalue weighted by atomic mass is 32.2. The van der Waals surface area contributed by atoms with Crippen LogP contribution in [0.4, 0.5) is 5.69 Å². The van der Waals surface area contributed by atoms with Gasteiger partial charge in [-0.05, 0) is 53.5 Å². The lowest BCUT2D eigenvalue weighted by atomic mass is 9.82. The van der Waals surface area contributed by atoms with E-state index in [1.54, 1.807) is 36.5 Å². The van der Waals surface area contributed by atoms with E-state index < -0.39 is 21.5 Å². The molecule has 0 bridgehead atoms. The Labute approximate surface area is 229 Å². The van der Waals surface area contributed by atoms with Gasteiger partial charge in [-0.3, -0.25) is 14.6 Å². The smallest absolute Gasteiger partial charge is 0.265 e. The molecule has 2 N–H and O–H groups in total. The van der Waals surface area contributed by atoms with Crippen LogP contribution in [0.1, 0.15) is 34.1 Å². The van der Waals surface area contributed by atoms with Gasteiger partial charge in [-0.15, -0.1) is 5.10 Å². The summed E-state index contributed by atoms with van der Waals surface area (Å²) in [6, 6.07) is 22.0. The fourth-order valence-corrected chi connectivity index (χ4v) is 5.84. The summed E-state index contributed by atoms with van der Waals surface area (Å²) >= 11 is 1.22. The van der Waals surface area contributed by atoms with Gasteiger partial charge in [0, 0.05) is 47.3 Å². The van der Waals surface area contributed by atoms with E-state index in [4.69, 9.17) is 4.99 Å². The van der Waals surface area contributed by atoms with Crippen LogP contribution < -0.4 is 10.0 Å². The Balaban J connectivity index is 1.61. The van der Waals surface area contributed by atoms with Crippen LogP contribution in [0, 0.1) is 0 Å². The number of carbonyl (C=O) groups excluding carboxylic acids is 2. The number of carbonyl (C=O) groups is 2. The van der Waals surface area contributed by atoms with Crippen molar-refractivity contribution >= 4 is 50.8 Å². The van der Waals surface area contributed by atoms with Gasteiger partial charge < -0.3 is 5.32 Å². The minimum absolute atomic E-state index is 0.0289. The lowest BCUT2D eigenvalue weighted by Gasteiger charge is -2.28. The SMILES string of the molecule is CC(=O)Nc1ccc(C(=O)NS(=O)(=O)c2ccccc2)cc1C1(Cc2ccccc2)C=C(c2csnn2)C=N1. The van der Waals surface area contributed by atoms with Crippen molar-refractivity contribution in [2.24, 2.45) is 4.99 Å². The van der Waals surface area contributed by atoms with E-state index in [2.05, 4.69) is 19.6 Å². The molecule has 0 saturated carbocycles. The molecule has 0 spiro atoms. The molecule has 1 atom stereocenters. The van der Waals surface area contributed by atoms with Crippen molar-refractivity contribution in [2.45, 2.75) is 23.8 Å². The van der Waals surface area contributed by atoms with Crippen LogP contribution in [0.25, 0.3) is 5.57 Å². The topological polar surface area (TPSA) is 130 Å². The molecule has 196 valence electrons. The second kappa shape index (κ2) is 10.7. The molecule has 0 fully saturated rings. The zero-order chi connectivity index (χ0) is 27.5. The van der Waals surface area contributed by atoms with Gasteiger partial charge in [-0.1, -0.05) is 53.0 Å². The molecule has 0 saturated heterocycles. The van der Waals surface area contributed by atoms with Gasteiger partial charge in [0.15, 0.2) is 0 Å². The first-order valence-corrected chi connectivity index (χ1v) is 14.2. The lowest BCUT2D eigenvalue weighted by molar-refractivity contribution is -0.114.